The Morgan fingerprint density at radius 3 is 2.63 bits per heavy atom. The number of hydrazone groups is 1. The van der Waals surface area contributed by atoms with Crippen LogP contribution < -0.4 is 10.2 Å². The quantitative estimate of drug-likeness (QED) is 0.302. The summed E-state index contributed by atoms with van der Waals surface area (Å²) in [4.78, 5) is 22.5. The van der Waals surface area contributed by atoms with Gasteiger partial charge in [0.15, 0.2) is 0 Å². The van der Waals surface area contributed by atoms with Crippen molar-refractivity contribution in [3.05, 3.63) is 98.0 Å². The molecule has 0 atom stereocenters. The van der Waals surface area contributed by atoms with Gasteiger partial charge in [-0.1, -0.05) is 28.1 Å². The Labute approximate surface area is 180 Å². The topological polar surface area (TPSA) is 114 Å². The van der Waals surface area contributed by atoms with Crippen LogP contribution in [0.3, 0.4) is 0 Å². The van der Waals surface area contributed by atoms with E-state index in [-0.39, 0.29) is 23.6 Å². The summed E-state index contributed by atoms with van der Waals surface area (Å²) in [6, 6.07) is 17.7. The number of hydrogen-bond donors (Lipinski definition) is 2. The number of non-ortho nitro benzene ring substituents is 1. The lowest BCUT2D eigenvalue weighted by atomic mass is 10.2. The summed E-state index contributed by atoms with van der Waals surface area (Å²) in [5.74, 6) is -0.189. The zero-order chi connectivity index (χ0) is 21.5. The molecule has 0 bridgehead atoms. The molecular weight excluding hydrogens is 454 g/mol. The van der Waals surface area contributed by atoms with Gasteiger partial charge in [-0.15, -0.1) is 0 Å². The van der Waals surface area contributed by atoms with Crippen LogP contribution >= 0.6 is 15.9 Å². The third-order valence-electron chi connectivity index (χ3n) is 4.03. The average molecular weight is 470 g/mol. The summed E-state index contributed by atoms with van der Waals surface area (Å²) >= 11 is 3.25. The lowest BCUT2D eigenvalue weighted by Gasteiger charge is -2.09. The zero-order valence-electron chi connectivity index (χ0n) is 15.5. The van der Waals surface area contributed by atoms with Crippen molar-refractivity contribution in [1.29, 1.82) is 0 Å². The number of nitro benzene ring substituents is 1. The number of carbonyl (C=O) groups is 1. The van der Waals surface area contributed by atoms with Gasteiger partial charge in [-0.05, 0) is 48.0 Å². The number of phenols is 1. The molecule has 0 spiro atoms. The van der Waals surface area contributed by atoms with Crippen LogP contribution in [0.15, 0.2) is 76.3 Å². The number of nitrogens with one attached hydrogen (secondary N) is 1. The van der Waals surface area contributed by atoms with E-state index >= 15 is 0 Å². The third kappa shape index (κ3) is 5.42. The number of nitrogens with zero attached hydrogens (tertiary/aromatic N) is 2. The molecule has 30 heavy (non-hydrogen) atoms. The van der Waals surface area contributed by atoms with Crippen LogP contribution in [0.25, 0.3) is 0 Å². The molecule has 1 amide bonds. The Kier molecular flexibility index (Phi) is 6.76. The Balaban J connectivity index is 1.65. The maximum Gasteiger partial charge on any atom is 0.275 e. The van der Waals surface area contributed by atoms with Gasteiger partial charge in [0.1, 0.15) is 18.1 Å². The van der Waals surface area contributed by atoms with Crippen LogP contribution in [-0.4, -0.2) is 22.2 Å². The summed E-state index contributed by atoms with van der Waals surface area (Å²) < 4.78 is 6.43. The van der Waals surface area contributed by atoms with Crippen LogP contribution in [0.5, 0.6) is 11.5 Å². The Hall–Kier alpha value is -3.72. The SMILES string of the molecule is O=C(N/N=C\c1ccccc1OCc1ccc([N+](=O)[O-])cc1)c1cc(Br)ccc1O. The normalized spacial score (nSPS) is 10.7. The molecule has 152 valence electrons. The van der Waals surface area contributed by atoms with Crippen molar-refractivity contribution in [2.75, 3.05) is 0 Å². The minimum atomic E-state index is -0.561. The molecule has 0 saturated carbocycles. The fraction of sp³-hybridized carbons (Fsp3) is 0.0476. The summed E-state index contributed by atoms with van der Waals surface area (Å²) in [7, 11) is 0. The smallest absolute Gasteiger partial charge is 0.275 e. The first-order chi connectivity index (χ1) is 14.4. The van der Waals surface area contributed by atoms with Crippen molar-refractivity contribution in [3.63, 3.8) is 0 Å². The maximum atomic E-state index is 12.2. The molecule has 0 unspecified atom stereocenters. The standard InChI is InChI=1S/C21H16BrN3O5/c22-16-7-10-19(26)18(11-16)21(27)24-23-12-15-3-1-2-4-20(15)30-13-14-5-8-17(9-6-14)25(28)29/h1-12,26H,13H2,(H,24,27)/b23-12-. The molecule has 8 nitrogen and oxygen atoms in total. The molecule has 3 rings (SSSR count). The molecule has 0 aliphatic heterocycles. The van der Waals surface area contributed by atoms with E-state index in [1.165, 1.54) is 30.5 Å². The van der Waals surface area contributed by atoms with Crippen LogP contribution in [0.2, 0.25) is 0 Å². The van der Waals surface area contributed by atoms with E-state index in [4.69, 9.17) is 4.74 Å². The molecular formula is C21H16BrN3O5. The van der Waals surface area contributed by atoms with E-state index < -0.39 is 10.8 Å². The van der Waals surface area contributed by atoms with Crippen molar-refractivity contribution in [2.24, 2.45) is 5.10 Å². The molecule has 0 heterocycles. The number of benzene rings is 3. The van der Waals surface area contributed by atoms with Gasteiger partial charge in [0.05, 0.1) is 16.7 Å². The number of aromatic hydroxyl groups is 1. The van der Waals surface area contributed by atoms with Crippen LogP contribution in [-0.2, 0) is 6.61 Å². The van der Waals surface area contributed by atoms with Crippen molar-refractivity contribution >= 4 is 33.7 Å². The lowest BCUT2D eigenvalue weighted by molar-refractivity contribution is -0.384. The lowest BCUT2D eigenvalue weighted by Crippen LogP contribution is -2.17. The second kappa shape index (κ2) is 9.66. The fourth-order valence-electron chi connectivity index (χ4n) is 2.50. The first kappa shape index (κ1) is 21.0. The predicted molar refractivity (Wildman–Crippen MR) is 115 cm³/mol. The second-order valence-corrected chi connectivity index (χ2v) is 7.03. The van der Waals surface area contributed by atoms with Gasteiger partial charge in [0.25, 0.3) is 11.6 Å². The van der Waals surface area contributed by atoms with Gasteiger partial charge in [-0.3, -0.25) is 14.9 Å². The predicted octanol–water partition coefficient (Wildman–Crippen LogP) is 4.41. The summed E-state index contributed by atoms with van der Waals surface area (Å²) in [5, 5.41) is 24.5. The molecule has 0 fully saturated rings. The van der Waals surface area contributed by atoms with Gasteiger partial charge in [0, 0.05) is 22.2 Å². The van der Waals surface area contributed by atoms with E-state index in [9.17, 15) is 20.0 Å². The van der Waals surface area contributed by atoms with Gasteiger partial charge in [-0.2, -0.15) is 5.10 Å². The molecule has 9 heteroatoms. The van der Waals surface area contributed by atoms with Crippen molar-refractivity contribution in [1.82, 2.24) is 5.43 Å². The number of phenolic OH excluding ortho intramolecular Hbond substituents is 1. The van der Waals surface area contributed by atoms with Gasteiger partial charge in [0.2, 0.25) is 0 Å². The van der Waals surface area contributed by atoms with Gasteiger partial charge < -0.3 is 9.84 Å². The number of halogens is 1. The summed E-state index contributed by atoms with van der Waals surface area (Å²) in [5.41, 5.74) is 3.86. The number of carbonyl (C=O) groups excluding carboxylic acids is 1. The molecule has 3 aromatic carbocycles. The maximum absolute atomic E-state index is 12.2. The third-order valence-corrected chi connectivity index (χ3v) is 4.53. The number of amides is 1. The zero-order valence-corrected chi connectivity index (χ0v) is 17.1. The van der Waals surface area contributed by atoms with Crippen LogP contribution in [0.1, 0.15) is 21.5 Å². The van der Waals surface area contributed by atoms with E-state index in [0.29, 0.717) is 15.8 Å². The first-order valence-electron chi connectivity index (χ1n) is 8.71. The largest absolute Gasteiger partial charge is 0.507 e. The molecule has 2 N–H and O–H groups in total. The van der Waals surface area contributed by atoms with E-state index in [1.807, 2.05) is 0 Å². The molecule has 0 aliphatic rings. The molecule has 0 aromatic heterocycles. The number of ether oxygens (including phenoxy) is 1. The molecule has 0 aliphatic carbocycles. The van der Waals surface area contributed by atoms with E-state index in [2.05, 4.69) is 26.5 Å². The highest BCUT2D eigenvalue weighted by Gasteiger charge is 2.11. The Bertz CT molecular complexity index is 1100. The van der Waals surface area contributed by atoms with Crippen LogP contribution in [0, 0.1) is 10.1 Å². The summed E-state index contributed by atoms with van der Waals surface area (Å²) in [6.45, 7) is 0.209. The van der Waals surface area contributed by atoms with Crippen molar-refractivity contribution < 1.29 is 19.6 Å². The highest BCUT2D eigenvalue weighted by atomic mass is 79.9. The molecule has 3 aromatic rings. The monoisotopic (exact) mass is 469 g/mol. The highest BCUT2D eigenvalue weighted by molar-refractivity contribution is 9.10. The Morgan fingerprint density at radius 2 is 1.90 bits per heavy atom. The Morgan fingerprint density at radius 1 is 1.17 bits per heavy atom. The van der Waals surface area contributed by atoms with Gasteiger partial charge >= 0.3 is 0 Å². The highest BCUT2D eigenvalue weighted by Crippen LogP contribution is 2.22. The fourth-order valence-corrected chi connectivity index (χ4v) is 2.87. The van der Waals surface area contributed by atoms with Crippen molar-refractivity contribution in [2.45, 2.75) is 6.61 Å². The first-order valence-corrected chi connectivity index (χ1v) is 9.50. The molecule has 0 saturated heterocycles. The van der Waals surface area contributed by atoms with E-state index in [1.54, 1.807) is 42.5 Å². The second-order valence-electron chi connectivity index (χ2n) is 6.11. The number of para-hydroxylation sites is 1. The van der Waals surface area contributed by atoms with Crippen molar-refractivity contribution in [3.8, 4) is 11.5 Å². The number of rotatable bonds is 7. The number of nitro groups is 1. The van der Waals surface area contributed by atoms with E-state index in [0.717, 1.165) is 5.56 Å². The minimum Gasteiger partial charge on any atom is -0.507 e. The number of hydrogen-bond acceptors (Lipinski definition) is 6. The molecule has 0 radical (unpaired) electrons. The van der Waals surface area contributed by atoms with Gasteiger partial charge in [-0.25, -0.2) is 5.43 Å². The summed E-state index contributed by atoms with van der Waals surface area (Å²) in [6.07, 6.45) is 1.43. The minimum absolute atomic E-state index is 0.0125. The van der Waals surface area contributed by atoms with Crippen LogP contribution in [0.4, 0.5) is 5.69 Å². The average Bonchev–Trinajstić information content (AvgIpc) is 2.75.